The van der Waals surface area contributed by atoms with Crippen LogP contribution in [-0.2, 0) is 18.2 Å². The van der Waals surface area contributed by atoms with E-state index in [0.29, 0.717) is 6.61 Å². The number of morpholine rings is 1. The predicted molar refractivity (Wildman–Crippen MR) is 109 cm³/mol. The van der Waals surface area contributed by atoms with Gasteiger partial charge < -0.3 is 15.0 Å². The average molecular weight is 391 g/mol. The Morgan fingerprint density at radius 2 is 2.33 bits per heavy atom. The van der Waals surface area contributed by atoms with Crippen LogP contribution < -0.4 is 5.32 Å². The molecule has 7 nitrogen and oxygen atoms in total. The molecule has 0 aromatic carbocycles. The van der Waals surface area contributed by atoms with E-state index in [9.17, 15) is 0 Å². The number of guanidine groups is 1. The quantitative estimate of drug-likeness (QED) is 0.447. The zero-order valence-electron chi connectivity index (χ0n) is 16.5. The summed E-state index contributed by atoms with van der Waals surface area (Å²) in [5.74, 6) is 0.986. The Kier molecular flexibility index (Phi) is 7.23. The molecule has 1 fully saturated rings. The van der Waals surface area contributed by atoms with Crippen LogP contribution in [0.15, 0.2) is 22.8 Å². The first-order valence-corrected chi connectivity index (χ1v) is 10.6. The highest BCUT2D eigenvalue weighted by atomic mass is 32.1. The van der Waals surface area contributed by atoms with Gasteiger partial charge in [-0.2, -0.15) is 5.10 Å². The van der Waals surface area contributed by atoms with Gasteiger partial charge in [0.15, 0.2) is 5.96 Å². The topological polar surface area (TPSA) is 67.6 Å². The number of aryl methyl sites for hydroxylation is 3. The molecule has 1 N–H and O–H groups in total. The van der Waals surface area contributed by atoms with Crippen molar-refractivity contribution in [2.24, 2.45) is 12.0 Å². The summed E-state index contributed by atoms with van der Waals surface area (Å²) in [5, 5.41) is 11.0. The van der Waals surface area contributed by atoms with E-state index in [-0.39, 0.29) is 6.10 Å². The van der Waals surface area contributed by atoms with Crippen molar-refractivity contribution in [3.05, 3.63) is 34.0 Å². The highest BCUT2D eigenvalue weighted by Gasteiger charge is 2.25. The largest absolute Gasteiger partial charge is 0.370 e. The summed E-state index contributed by atoms with van der Waals surface area (Å²) in [7, 11) is 1.93. The van der Waals surface area contributed by atoms with Crippen molar-refractivity contribution >= 4 is 17.3 Å². The van der Waals surface area contributed by atoms with E-state index in [1.165, 1.54) is 5.01 Å². The fourth-order valence-electron chi connectivity index (χ4n) is 3.17. The van der Waals surface area contributed by atoms with E-state index < -0.39 is 0 Å². The summed E-state index contributed by atoms with van der Waals surface area (Å²) in [5.41, 5.74) is 2.25. The van der Waals surface area contributed by atoms with Gasteiger partial charge in [-0.25, -0.2) is 4.98 Å². The number of rotatable bonds is 7. The summed E-state index contributed by atoms with van der Waals surface area (Å²) >= 11 is 1.76. The fraction of sp³-hybridized carbons (Fsp3) is 0.632. The first-order chi connectivity index (χ1) is 13.2. The Labute approximate surface area is 165 Å². The first kappa shape index (κ1) is 19.8. The van der Waals surface area contributed by atoms with Crippen molar-refractivity contribution in [2.75, 3.05) is 32.8 Å². The minimum atomic E-state index is 0.0458. The van der Waals surface area contributed by atoms with Crippen LogP contribution in [0.5, 0.6) is 0 Å². The number of hydrogen-bond donors (Lipinski definition) is 1. The molecule has 2 aromatic heterocycles. The molecule has 0 amide bonds. The first-order valence-electron chi connectivity index (χ1n) is 9.70. The maximum Gasteiger partial charge on any atom is 0.194 e. The van der Waals surface area contributed by atoms with Gasteiger partial charge in [0.25, 0.3) is 0 Å². The van der Waals surface area contributed by atoms with Gasteiger partial charge in [-0.15, -0.1) is 11.3 Å². The highest BCUT2D eigenvalue weighted by molar-refractivity contribution is 7.09. The minimum Gasteiger partial charge on any atom is -0.370 e. The second-order valence-electron chi connectivity index (χ2n) is 6.83. The zero-order chi connectivity index (χ0) is 19.1. The van der Waals surface area contributed by atoms with Crippen LogP contribution in [-0.4, -0.2) is 58.4 Å². The second-order valence-corrected chi connectivity index (χ2v) is 7.77. The number of thiazole rings is 1. The van der Waals surface area contributed by atoms with Crippen molar-refractivity contribution < 1.29 is 4.74 Å². The van der Waals surface area contributed by atoms with Gasteiger partial charge in [-0.05, 0) is 33.1 Å². The van der Waals surface area contributed by atoms with Gasteiger partial charge in [0, 0.05) is 49.5 Å². The highest BCUT2D eigenvalue weighted by Crippen LogP contribution is 2.21. The summed E-state index contributed by atoms with van der Waals surface area (Å²) < 4.78 is 7.77. The van der Waals surface area contributed by atoms with Crippen LogP contribution in [0.4, 0.5) is 0 Å². The predicted octanol–water partition coefficient (Wildman–Crippen LogP) is 2.55. The van der Waals surface area contributed by atoms with Crippen LogP contribution in [0, 0.1) is 6.92 Å². The molecule has 3 rings (SSSR count). The standard InChI is InChI=1S/C19H30N6OS/c1-4-20-19(21-8-6-5-7-18-23-15(2)14-27-18)25-9-10-26-17(13-25)16-11-22-24(3)12-16/h11-12,14,17H,4-10,13H2,1-3H3,(H,20,21). The Balaban J connectivity index is 1.51. The van der Waals surface area contributed by atoms with Gasteiger partial charge in [0.1, 0.15) is 6.10 Å². The van der Waals surface area contributed by atoms with Crippen LogP contribution in [0.25, 0.3) is 0 Å². The monoisotopic (exact) mass is 390 g/mol. The lowest BCUT2D eigenvalue weighted by Crippen LogP contribution is -2.48. The molecular weight excluding hydrogens is 360 g/mol. The van der Waals surface area contributed by atoms with Gasteiger partial charge in [-0.3, -0.25) is 9.67 Å². The van der Waals surface area contributed by atoms with Crippen molar-refractivity contribution in [2.45, 2.75) is 39.2 Å². The lowest BCUT2D eigenvalue weighted by Gasteiger charge is -2.34. The SMILES string of the molecule is CCNC(=NCCCCc1nc(C)cs1)N1CCOC(c2cnn(C)c2)C1. The zero-order valence-corrected chi connectivity index (χ0v) is 17.3. The van der Waals surface area contributed by atoms with Crippen LogP contribution in [0.1, 0.15) is 42.1 Å². The number of aromatic nitrogens is 3. The molecule has 0 bridgehead atoms. The molecule has 1 atom stereocenters. The Bertz CT molecular complexity index is 740. The maximum atomic E-state index is 5.95. The minimum absolute atomic E-state index is 0.0458. The van der Waals surface area contributed by atoms with Crippen LogP contribution in [0.3, 0.4) is 0 Å². The number of hydrogen-bond acceptors (Lipinski definition) is 5. The molecule has 0 spiro atoms. The molecule has 1 aliphatic heterocycles. The number of aliphatic imine (C=N–C) groups is 1. The third-order valence-corrected chi connectivity index (χ3v) is 5.55. The molecule has 27 heavy (non-hydrogen) atoms. The van der Waals surface area contributed by atoms with Crippen molar-refractivity contribution in [1.29, 1.82) is 0 Å². The lowest BCUT2D eigenvalue weighted by molar-refractivity contribution is -0.00804. The molecule has 3 heterocycles. The fourth-order valence-corrected chi connectivity index (χ4v) is 3.98. The normalized spacial score (nSPS) is 18.1. The van der Waals surface area contributed by atoms with E-state index in [4.69, 9.17) is 9.73 Å². The molecule has 0 radical (unpaired) electrons. The number of nitrogens with zero attached hydrogens (tertiary/aromatic N) is 5. The summed E-state index contributed by atoms with van der Waals surface area (Å²) in [4.78, 5) is 11.7. The third-order valence-electron chi connectivity index (χ3n) is 4.52. The summed E-state index contributed by atoms with van der Waals surface area (Å²) in [6, 6.07) is 0. The molecular formula is C19H30N6OS. The molecule has 0 saturated carbocycles. The van der Waals surface area contributed by atoms with Gasteiger partial charge in [-0.1, -0.05) is 0 Å². The molecule has 148 valence electrons. The molecule has 0 aliphatic carbocycles. The van der Waals surface area contributed by atoms with Gasteiger partial charge >= 0.3 is 0 Å². The Hall–Kier alpha value is -1.93. The van der Waals surface area contributed by atoms with Gasteiger partial charge in [0.2, 0.25) is 0 Å². The van der Waals surface area contributed by atoms with E-state index in [0.717, 1.165) is 62.7 Å². The van der Waals surface area contributed by atoms with E-state index >= 15 is 0 Å². The molecule has 1 unspecified atom stereocenters. The van der Waals surface area contributed by atoms with E-state index in [1.807, 2.05) is 31.0 Å². The van der Waals surface area contributed by atoms with E-state index in [2.05, 4.69) is 32.6 Å². The Morgan fingerprint density at radius 1 is 1.44 bits per heavy atom. The smallest absolute Gasteiger partial charge is 0.194 e. The average Bonchev–Trinajstić information content (AvgIpc) is 3.29. The van der Waals surface area contributed by atoms with Crippen LogP contribution in [0.2, 0.25) is 0 Å². The van der Waals surface area contributed by atoms with Crippen LogP contribution >= 0.6 is 11.3 Å². The molecule has 8 heteroatoms. The van der Waals surface area contributed by atoms with Crippen molar-refractivity contribution in [1.82, 2.24) is 25.0 Å². The number of unbranched alkanes of at least 4 members (excludes halogenated alkanes) is 1. The molecule has 1 saturated heterocycles. The summed E-state index contributed by atoms with van der Waals surface area (Å²) in [6.07, 6.45) is 7.20. The van der Waals surface area contributed by atoms with Crippen molar-refractivity contribution in [3.8, 4) is 0 Å². The number of nitrogens with one attached hydrogen (secondary N) is 1. The van der Waals surface area contributed by atoms with E-state index in [1.54, 1.807) is 11.3 Å². The maximum absolute atomic E-state index is 5.95. The third kappa shape index (κ3) is 5.77. The van der Waals surface area contributed by atoms with Gasteiger partial charge in [0.05, 0.1) is 24.4 Å². The Morgan fingerprint density at radius 3 is 3.04 bits per heavy atom. The lowest BCUT2D eigenvalue weighted by atomic mass is 10.1. The summed E-state index contributed by atoms with van der Waals surface area (Å²) in [6.45, 7) is 8.23. The molecule has 1 aliphatic rings. The second kappa shape index (κ2) is 9.85. The number of ether oxygens (including phenoxy) is 1. The van der Waals surface area contributed by atoms with Crippen molar-refractivity contribution in [3.63, 3.8) is 0 Å². The molecule has 2 aromatic rings.